The van der Waals surface area contributed by atoms with E-state index in [9.17, 15) is 9.90 Å². The second kappa shape index (κ2) is 23.5. The van der Waals surface area contributed by atoms with Crippen LogP contribution in [0.15, 0.2) is 10.2 Å². The molecule has 2 atom stereocenters. The number of unbranched alkanes of at least 4 members (excludes halogenated alkanes) is 18. The largest absolute Gasteiger partial charge is 0.391 e. The van der Waals surface area contributed by atoms with Crippen molar-refractivity contribution >= 4 is 5.91 Å². The molecule has 1 aliphatic heterocycles. The van der Waals surface area contributed by atoms with Crippen LogP contribution >= 0.6 is 0 Å². The van der Waals surface area contributed by atoms with E-state index in [4.69, 9.17) is 6.42 Å². The Morgan fingerprint density at radius 1 is 0.763 bits per heavy atom. The van der Waals surface area contributed by atoms with Crippen LogP contribution in [0.3, 0.4) is 0 Å². The van der Waals surface area contributed by atoms with Gasteiger partial charge in [-0.25, -0.2) is 0 Å². The van der Waals surface area contributed by atoms with Crippen molar-refractivity contribution < 1.29 is 9.90 Å². The molecule has 0 aliphatic carbocycles. The van der Waals surface area contributed by atoms with Crippen LogP contribution in [0.2, 0.25) is 0 Å². The predicted octanol–water partition coefficient (Wildman–Crippen LogP) is 9.42. The fourth-order valence-corrected chi connectivity index (χ4v) is 5.31. The number of carbonyl (C=O) groups excluding carboxylic acids is 1. The van der Waals surface area contributed by atoms with Crippen LogP contribution in [0.1, 0.15) is 174 Å². The van der Waals surface area contributed by atoms with E-state index in [0.29, 0.717) is 6.42 Å². The molecule has 5 nitrogen and oxygen atoms in total. The van der Waals surface area contributed by atoms with E-state index in [-0.39, 0.29) is 17.6 Å². The molecule has 1 rings (SSSR count). The monoisotopic (exact) mass is 531 g/mol. The lowest BCUT2D eigenvalue weighted by Crippen LogP contribution is -2.41. The molecular weight excluding hydrogens is 470 g/mol. The SMILES string of the molecule is C#CCCCC1(CCCCCCCCC(=O)N[C@@H](C)[C@H](O)CCCCCCCCCCCCCCC)N=N1. The third-order valence-electron chi connectivity index (χ3n) is 8.08. The van der Waals surface area contributed by atoms with Gasteiger partial charge in [0.2, 0.25) is 5.91 Å². The number of hydrogen-bond acceptors (Lipinski definition) is 4. The van der Waals surface area contributed by atoms with Crippen LogP contribution in [0.4, 0.5) is 0 Å². The number of aliphatic hydroxyl groups is 1. The van der Waals surface area contributed by atoms with E-state index in [2.05, 4.69) is 28.4 Å². The topological polar surface area (TPSA) is 74.0 Å². The van der Waals surface area contributed by atoms with Crippen molar-refractivity contribution in [2.45, 2.75) is 192 Å². The number of hydrogen-bond donors (Lipinski definition) is 2. The fourth-order valence-electron chi connectivity index (χ4n) is 5.31. The van der Waals surface area contributed by atoms with Crippen LogP contribution < -0.4 is 5.32 Å². The molecule has 0 aromatic carbocycles. The Labute approximate surface area is 235 Å². The van der Waals surface area contributed by atoms with Gasteiger partial charge in [-0.2, -0.15) is 10.2 Å². The summed E-state index contributed by atoms with van der Waals surface area (Å²) in [5.74, 6) is 2.76. The van der Waals surface area contributed by atoms with Crippen LogP contribution in [-0.4, -0.2) is 28.8 Å². The number of carbonyl (C=O) groups is 1. The number of nitrogens with zero attached hydrogens (tertiary/aromatic N) is 2. The first kappa shape index (κ1) is 34.6. The van der Waals surface area contributed by atoms with Gasteiger partial charge in [-0.1, -0.05) is 116 Å². The van der Waals surface area contributed by atoms with E-state index in [1.807, 2.05) is 6.92 Å². The van der Waals surface area contributed by atoms with Crippen molar-refractivity contribution in [3.63, 3.8) is 0 Å². The average molecular weight is 532 g/mol. The number of nitrogens with one attached hydrogen (secondary N) is 1. The minimum absolute atomic E-state index is 0.0766. The number of terminal acetylenes is 1. The van der Waals surface area contributed by atoms with Gasteiger partial charge in [0, 0.05) is 12.8 Å². The van der Waals surface area contributed by atoms with E-state index in [1.54, 1.807) is 0 Å². The molecule has 38 heavy (non-hydrogen) atoms. The van der Waals surface area contributed by atoms with E-state index < -0.39 is 6.10 Å². The normalized spacial score (nSPS) is 15.2. The van der Waals surface area contributed by atoms with E-state index in [0.717, 1.165) is 57.8 Å². The smallest absolute Gasteiger partial charge is 0.220 e. The van der Waals surface area contributed by atoms with Gasteiger partial charge in [0.05, 0.1) is 12.1 Å². The number of rotatable bonds is 28. The van der Waals surface area contributed by atoms with Crippen LogP contribution in [0, 0.1) is 12.3 Å². The summed E-state index contributed by atoms with van der Waals surface area (Å²) in [5.41, 5.74) is -0.0944. The highest BCUT2D eigenvalue weighted by Crippen LogP contribution is 2.38. The Balaban J connectivity index is 1.87. The Kier molecular flexibility index (Phi) is 21.4. The summed E-state index contributed by atoms with van der Waals surface area (Å²) in [7, 11) is 0. The molecule has 0 saturated carbocycles. The quantitative estimate of drug-likeness (QED) is 0.0779. The Bertz CT molecular complexity index is 637. The number of amides is 1. The van der Waals surface area contributed by atoms with Gasteiger partial charge >= 0.3 is 0 Å². The van der Waals surface area contributed by atoms with Crippen LogP contribution in [0.5, 0.6) is 0 Å². The molecule has 1 heterocycles. The molecule has 0 spiro atoms. The summed E-state index contributed by atoms with van der Waals surface area (Å²) >= 11 is 0. The lowest BCUT2D eigenvalue weighted by atomic mass is 9.98. The highest BCUT2D eigenvalue weighted by Gasteiger charge is 2.38. The van der Waals surface area contributed by atoms with Crippen molar-refractivity contribution in [3.8, 4) is 12.3 Å². The highest BCUT2D eigenvalue weighted by atomic mass is 16.3. The summed E-state index contributed by atoms with van der Waals surface area (Å²) in [4.78, 5) is 12.3. The van der Waals surface area contributed by atoms with Gasteiger partial charge in [0.15, 0.2) is 5.66 Å². The fraction of sp³-hybridized carbons (Fsp3) is 0.909. The zero-order valence-electron chi connectivity index (χ0n) is 25.2. The summed E-state index contributed by atoms with van der Waals surface area (Å²) in [6, 6.07) is -0.161. The average Bonchev–Trinajstić information content (AvgIpc) is 3.68. The van der Waals surface area contributed by atoms with Gasteiger partial charge in [-0.3, -0.25) is 4.79 Å². The van der Waals surface area contributed by atoms with Crippen molar-refractivity contribution in [2.75, 3.05) is 0 Å². The van der Waals surface area contributed by atoms with Crippen molar-refractivity contribution in [3.05, 3.63) is 0 Å². The zero-order valence-corrected chi connectivity index (χ0v) is 25.2. The molecule has 220 valence electrons. The number of aliphatic hydroxyl groups excluding tert-OH is 1. The molecule has 0 aromatic heterocycles. The second-order valence-electron chi connectivity index (χ2n) is 11.8. The summed E-state index contributed by atoms with van der Waals surface area (Å²) < 4.78 is 0. The summed E-state index contributed by atoms with van der Waals surface area (Å²) in [6.07, 6.45) is 34.2. The minimum atomic E-state index is -0.438. The highest BCUT2D eigenvalue weighted by molar-refractivity contribution is 5.76. The maximum Gasteiger partial charge on any atom is 0.220 e. The van der Waals surface area contributed by atoms with Gasteiger partial charge in [-0.05, 0) is 45.4 Å². The van der Waals surface area contributed by atoms with Crippen molar-refractivity contribution in [1.82, 2.24) is 5.32 Å². The Morgan fingerprint density at radius 3 is 1.76 bits per heavy atom. The van der Waals surface area contributed by atoms with E-state index >= 15 is 0 Å². The second-order valence-corrected chi connectivity index (χ2v) is 11.8. The van der Waals surface area contributed by atoms with Crippen molar-refractivity contribution in [2.24, 2.45) is 10.2 Å². The summed E-state index contributed by atoms with van der Waals surface area (Å²) in [5, 5.41) is 21.9. The standard InChI is InChI=1S/C33H61N3O2/c1-4-6-8-9-10-11-12-13-14-15-16-19-22-26-31(37)30(3)34-32(38)27-23-20-17-18-21-25-29-33(35-36-33)28-24-7-5-2/h2,30-31,37H,4,6-29H2,1,3H3,(H,34,38)/t30-,31+/m0/s1. The van der Waals surface area contributed by atoms with Crippen LogP contribution in [-0.2, 0) is 4.79 Å². The first-order valence-electron chi connectivity index (χ1n) is 16.4. The first-order valence-corrected chi connectivity index (χ1v) is 16.4. The maximum absolute atomic E-state index is 12.3. The third kappa shape index (κ3) is 19.6. The van der Waals surface area contributed by atoms with E-state index in [1.165, 1.54) is 96.3 Å². The lowest BCUT2D eigenvalue weighted by Gasteiger charge is -2.20. The third-order valence-corrected chi connectivity index (χ3v) is 8.08. The Morgan fingerprint density at radius 2 is 1.24 bits per heavy atom. The molecule has 0 fully saturated rings. The molecule has 0 aromatic rings. The molecular formula is C33H61N3O2. The molecule has 0 unspecified atom stereocenters. The minimum Gasteiger partial charge on any atom is -0.391 e. The zero-order chi connectivity index (χ0) is 27.7. The van der Waals surface area contributed by atoms with Gasteiger partial charge in [0.25, 0.3) is 0 Å². The molecule has 2 N–H and O–H groups in total. The van der Waals surface area contributed by atoms with Gasteiger partial charge in [0.1, 0.15) is 0 Å². The maximum atomic E-state index is 12.3. The molecule has 5 heteroatoms. The molecule has 0 saturated heterocycles. The Hall–Kier alpha value is -1.41. The predicted molar refractivity (Wildman–Crippen MR) is 161 cm³/mol. The lowest BCUT2D eigenvalue weighted by molar-refractivity contribution is -0.122. The molecule has 1 aliphatic rings. The van der Waals surface area contributed by atoms with Crippen LogP contribution in [0.25, 0.3) is 0 Å². The molecule has 0 bridgehead atoms. The van der Waals surface area contributed by atoms with Crippen molar-refractivity contribution in [1.29, 1.82) is 0 Å². The first-order chi connectivity index (χ1) is 18.5. The van der Waals surface area contributed by atoms with Gasteiger partial charge < -0.3 is 10.4 Å². The molecule has 0 radical (unpaired) electrons. The van der Waals surface area contributed by atoms with Gasteiger partial charge in [-0.15, -0.1) is 12.3 Å². The summed E-state index contributed by atoms with van der Waals surface area (Å²) in [6.45, 7) is 4.21. The molecule has 1 amide bonds.